The highest BCUT2D eigenvalue weighted by Gasteiger charge is 2.21. The van der Waals surface area contributed by atoms with Crippen molar-refractivity contribution in [1.29, 1.82) is 0 Å². The van der Waals surface area contributed by atoms with Crippen LogP contribution in [0.25, 0.3) is 10.9 Å². The number of aryl methyl sites for hydroxylation is 1. The zero-order valence-electron chi connectivity index (χ0n) is 11.2. The van der Waals surface area contributed by atoms with E-state index < -0.39 is 10.1 Å². The van der Waals surface area contributed by atoms with E-state index in [1.54, 1.807) is 48.5 Å². The molecule has 3 rings (SSSR count). The van der Waals surface area contributed by atoms with Crippen molar-refractivity contribution in [3.63, 3.8) is 0 Å². The molecule has 0 atom stereocenters. The third kappa shape index (κ3) is 2.71. The van der Waals surface area contributed by atoms with E-state index in [0.29, 0.717) is 10.9 Å². The SMILES string of the molecule is Cc1ccc(OS(=O)(=O)c2ncnc3ccccc23)cc1. The smallest absolute Gasteiger partial charge is 0.357 e. The molecule has 0 fully saturated rings. The fraction of sp³-hybridized carbons (Fsp3) is 0.0667. The van der Waals surface area contributed by atoms with E-state index in [-0.39, 0.29) is 10.8 Å². The first-order valence-electron chi connectivity index (χ1n) is 6.27. The number of aromatic nitrogens is 2. The van der Waals surface area contributed by atoms with Crippen LogP contribution in [0.2, 0.25) is 0 Å². The number of benzene rings is 2. The van der Waals surface area contributed by atoms with Gasteiger partial charge in [-0.05, 0) is 31.2 Å². The second-order valence-electron chi connectivity index (χ2n) is 4.55. The molecule has 0 spiro atoms. The Labute approximate surface area is 122 Å². The molecule has 0 saturated carbocycles. The minimum Gasteiger partial charge on any atom is -0.378 e. The van der Waals surface area contributed by atoms with Crippen molar-refractivity contribution >= 4 is 21.0 Å². The van der Waals surface area contributed by atoms with Crippen LogP contribution in [0.5, 0.6) is 5.75 Å². The molecule has 3 aromatic rings. The molecule has 0 unspecified atom stereocenters. The molecule has 0 aliphatic rings. The standard InChI is InChI=1S/C15H12N2O3S/c1-11-6-8-12(9-7-11)20-21(18,19)15-13-4-2-3-5-14(13)16-10-17-15/h2-10H,1H3. The first kappa shape index (κ1) is 13.5. The van der Waals surface area contributed by atoms with Crippen molar-refractivity contribution in [2.45, 2.75) is 11.9 Å². The van der Waals surface area contributed by atoms with Gasteiger partial charge in [-0.3, -0.25) is 0 Å². The molecular formula is C15H12N2O3S. The average molecular weight is 300 g/mol. The Morgan fingerprint density at radius 1 is 0.952 bits per heavy atom. The Balaban J connectivity index is 2.06. The Morgan fingerprint density at radius 2 is 1.67 bits per heavy atom. The molecule has 0 radical (unpaired) electrons. The summed E-state index contributed by atoms with van der Waals surface area (Å²) in [6.45, 7) is 1.91. The Kier molecular flexibility index (Phi) is 3.31. The summed E-state index contributed by atoms with van der Waals surface area (Å²) in [5.74, 6) is 0.253. The summed E-state index contributed by atoms with van der Waals surface area (Å²) in [4.78, 5) is 7.91. The number of para-hydroxylation sites is 1. The molecule has 0 bridgehead atoms. The minimum atomic E-state index is -4.00. The number of hydrogen-bond donors (Lipinski definition) is 0. The van der Waals surface area contributed by atoms with Gasteiger partial charge in [0.25, 0.3) is 0 Å². The lowest BCUT2D eigenvalue weighted by molar-refractivity contribution is 0.483. The molecule has 2 aromatic carbocycles. The summed E-state index contributed by atoms with van der Waals surface area (Å²) in [6.07, 6.45) is 1.22. The van der Waals surface area contributed by atoms with Gasteiger partial charge in [0, 0.05) is 5.39 Å². The second kappa shape index (κ2) is 5.14. The van der Waals surface area contributed by atoms with Gasteiger partial charge in [0.1, 0.15) is 12.1 Å². The summed E-state index contributed by atoms with van der Waals surface area (Å²) >= 11 is 0. The van der Waals surface area contributed by atoms with E-state index in [1.807, 2.05) is 6.92 Å². The van der Waals surface area contributed by atoms with Crippen molar-refractivity contribution in [3.05, 3.63) is 60.4 Å². The predicted octanol–water partition coefficient (Wildman–Crippen LogP) is 2.71. The van der Waals surface area contributed by atoms with Crippen LogP contribution in [0.4, 0.5) is 0 Å². The van der Waals surface area contributed by atoms with Gasteiger partial charge in [-0.25, -0.2) is 9.97 Å². The molecule has 0 amide bonds. The minimum absolute atomic E-state index is 0.131. The van der Waals surface area contributed by atoms with Crippen molar-refractivity contribution in [3.8, 4) is 5.75 Å². The van der Waals surface area contributed by atoms with E-state index >= 15 is 0 Å². The number of nitrogens with zero attached hydrogens (tertiary/aromatic N) is 2. The van der Waals surface area contributed by atoms with Gasteiger partial charge in [0.2, 0.25) is 5.03 Å². The van der Waals surface area contributed by atoms with Crippen LogP contribution in [0.1, 0.15) is 5.56 Å². The topological polar surface area (TPSA) is 69.2 Å². The highest BCUT2D eigenvalue weighted by Crippen LogP contribution is 2.23. The summed E-state index contributed by atoms with van der Waals surface area (Å²) in [7, 11) is -4.00. The monoisotopic (exact) mass is 300 g/mol. The molecule has 5 nitrogen and oxygen atoms in total. The van der Waals surface area contributed by atoms with Crippen LogP contribution in [-0.2, 0) is 10.1 Å². The quantitative estimate of drug-likeness (QED) is 0.549. The van der Waals surface area contributed by atoms with Crippen molar-refractivity contribution in [2.75, 3.05) is 0 Å². The lowest BCUT2D eigenvalue weighted by Gasteiger charge is -2.08. The molecule has 1 aromatic heterocycles. The lowest BCUT2D eigenvalue weighted by Crippen LogP contribution is -2.12. The molecule has 0 aliphatic heterocycles. The van der Waals surface area contributed by atoms with Crippen molar-refractivity contribution in [2.24, 2.45) is 0 Å². The van der Waals surface area contributed by atoms with E-state index in [4.69, 9.17) is 4.18 Å². The predicted molar refractivity (Wildman–Crippen MR) is 78.5 cm³/mol. The molecular weight excluding hydrogens is 288 g/mol. The zero-order chi connectivity index (χ0) is 14.9. The van der Waals surface area contributed by atoms with Gasteiger partial charge in [-0.1, -0.05) is 29.8 Å². The molecule has 106 valence electrons. The summed E-state index contributed by atoms with van der Waals surface area (Å²) in [5, 5.41) is 0.306. The van der Waals surface area contributed by atoms with Gasteiger partial charge in [-0.15, -0.1) is 0 Å². The summed E-state index contributed by atoms with van der Waals surface area (Å²) < 4.78 is 29.9. The second-order valence-corrected chi connectivity index (χ2v) is 6.01. The van der Waals surface area contributed by atoms with Crippen LogP contribution in [0, 0.1) is 6.92 Å². The summed E-state index contributed by atoms with van der Waals surface area (Å²) in [5.41, 5.74) is 1.57. The molecule has 21 heavy (non-hydrogen) atoms. The van der Waals surface area contributed by atoms with Crippen molar-refractivity contribution in [1.82, 2.24) is 9.97 Å². The maximum absolute atomic E-state index is 12.4. The number of rotatable bonds is 3. The maximum Gasteiger partial charge on any atom is 0.357 e. The van der Waals surface area contributed by atoms with Crippen LogP contribution in [0.15, 0.2) is 59.9 Å². The molecule has 1 heterocycles. The average Bonchev–Trinajstić information content (AvgIpc) is 2.49. The zero-order valence-corrected chi connectivity index (χ0v) is 12.0. The number of fused-ring (bicyclic) bond motifs is 1. The van der Waals surface area contributed by atoms with E-state index in [0.717, 1.165) is 5.56 Å². The van der Waals surface area contributed by atoms with Gasteiger partial charge >= 0.3 is 10.1 Å². The number of hydrogen-bond acceptors (Lipinski definition) is 5. The maximum atomic E-state index is 12.4. The first-order valence-corrected chi connectivity index (χ1v) is 7.68. The largest absolute Gasteiger partial charge is 0.378 e. The highest BCUT2D eigenvalue weighted by atomic mass is 32.2. The van der Waals surface area contributed by atoms with E-state index in [9.17, 15) is 8.42 Å². The van der Waals surface area contributed by atoms with Gasteiger partial charge in [-0.2, -0.15) is 8.42 Å². The molecule has 0 aliphatic carbocycles. The fourth-order valence-corrected chi connectivity index (χ4v) is 3.00. The third-order valence-electron chi connectivity index (χ3n) is 2.97. The molecule has 0 saturated heterocycles. The van der Waals surface area contributed by atoms with Crippen LogP contribution >= 0.6 is 0 Å². The van der Waals surface area contributed by atoms with Gasteiger partial charge in [0.15, 0.2) is 0 Å². The van der Waals surface area contributed by atoms with E-state index in [2.05, 4.69) is 9.97 Å². The Bertz CT molecular complexity index is 885. The Morgan fingerprint density at radius 3 is 2.43 bits per heavy atom. The first-order chi connectivity index (χ1) is 10.1. The van der Waals surface area contributed by atoms with E-state index in [1.165, 1.54) is 6.33 Å². The fourth-order valence-electron chi connectivity index (χ4n) is 1.94. The summed E-state index contributed by atoms with van der Waals surface area (Å²) in [6, 6.07) is 13.7. The van der Waals surface area contributed by atoms with Crippen LogP contribution < -0.4 is 4.18 Å². The molecule has 0 N–H and O–H groups in total. The van der Waals surface area contributed by atoms with Gasteiger partial charge < -0.3 is 4.18 Å². The molecule has 6 heteroatoms. The van der Waals surface area contributed by atoms with Crippen LogP contribution in [-0.4, -0.2) is 18.4 Å². The lowest BCUT2D eigenvalue weighted by atomic mass is 10.2. The highest BCUT2D eigenvalue weighted by molar-refractivity contribution is 7.87. The van der Waals surface area contributed by atoms with Crippen molar-refractivity contribution < 1.29 is 12.6 Å². The Hall–Kier alpha value is -2.47. The van der Waals surface area contributed by atoms with Crippen LogP contribution in [0.3, 0.4) is 0 Å². The third-order valence-corrected chi connectivity index (χ3v) is 4.18. The normalized spacial score (nSPS) is 11.5. The van der Waals surface area contributed by atoms with Gasteiger partial charge in [0.05, 0.1) is 5.52 Å².